The average Bonchev–Trinajstić information content (AvgIpc) is 1.60. The molecule has 1 aliphatic heterocycles. The largest absolute Gasteiger partial charge is 0.370 e. The van der Waals surface area contributed by atoms with Crippen molar-refractivity contribution >= 4 is 23.2 Å². The van der Waals surface area contributed by atoms with Crippen LogP contribution in [-0.4, -0.2) is 5.00 Å². The molecule has 50 valence electrons. The minimum Gasteiger partial charge on any atom is -0.370 e. The van der Waals surface area contributed by atoms with Gasteiger partial charge in [-0.3, -0.25) is 0 Å². The van der Waals surface area contributed by atoms with Crippen LogP contribution < -0.4 is 5.32 Å². The Bertz CT molecular complexity index is 170. The Balaban J connectivity index is 2.78. The maximum atomic E-state index is 5.84. The van der Waals surface area contributed by atoms with Gasteiger partial charge in [-0.05, 0) is 25.3 Å². The van der Waals surface area contributed by atoms with E-state index in [1.165, 1.54) is 0 Å². The highest BCUT2D eigenvalue weighted by Gasteiger charge is 2.17. The lowest BCUT2D eigenvalue weighted by Crippen LogP contribution is -2.31. The summed E-state index contributed by atoms with van der Waals surface area (Å²) in [4.78, 5) is -0.508. The number of hydrogen-bond donors (Lipinski definition) is 1. The highest BCUT2D eigenvalue weighted by atomic mass is 35.5. The number of hydrogen-bond acceptors (Lipinski definition) is 1. The highest BCUT2D eigenvalue weighted by Crippen LogP contribution is 2.20. The first-order valence-corrected chi connectivity index (χ1v) is 3.37. The van der Waals surface area contributed by atoms with Gasteiger partial charge in [0, 0.05) is 5.03 Å². The molecule has 0 bridgehead atoms. The van der Waals surface area contributed by atoms with Crippen LogP contribution in [0.15, 0.2) is 23.4 Å². The lowest BCUT2D eigenvalue weighted by atomic mass is 10.2. The Kier molecular flexibility index (Phi) is 1.73. The van der Waals surface area contributed by atoms with Gasteiger partial charge in [0.25, 0.3) is 0 Å². The van der Waals surface area contributed by atoms with Crippen LogP contribution >= 0.6 is 23.2 Å². The van der Waals surface area contributed by atoms with E-state index in [4.69, 9.17) is 23.2 Å². The van der Waals surface area contributed by atoms with Crippen LogP contribution in [0.2, 0.25) is 0 Å². The van der Waals surface area contributed by atoms with E-state index in [2.05, 4.69) is 5.32 Å². The van der Waals surface area contributed by atoms with Crippen LogP contribution in [0.5, 0.6) is 0 Å². The molecule has 0 aromatic carbocycles. The molecule has 1 nitrogen and oxygen atoms in total. The molecule has 1 aliphatic rings. The molecular weight excluding hydrogens is 157 g/mol. The van der Waals surface area contributed by atoms with Gasteiger partial charge in [-0.1, -0.05) is 23.2 Å². The van der Waals surface area contributed by atoms with E-state index in [0.29, 0.717) is 5.03 Å². The van der Waals surface area contributed by atoms with Crippen LogP contribution in [0.4, 0.5) is 0 Å². The molecule has 0 aromatic rings. The maximum Gasteiger partial charge on any atom is 0.129 e. The molecule has 3 heteroatoms. The summed E-state index contributed by atoms with van der Waals surface area (Å²) in [6.07, 6.45) is 5.23. The summed E-state index contributed by atoms with van der Waals surface area (Å²) >= 11 is 11.5. The topological polar surface area (TPSA) is 12.0 Å². The normalized spacial score (nSPS) is 33.4. The first-order chi connectivity index (χ1) is 4.10. The second-order valence-corrected chi connectivity index (χ2v) is 3.30. The van der Waals surface area contributed by atoms with E-state index >= 15 is 0 Å². The van der Waals surface area contributed by atoms with Crippen LogP contribution in [0.25, 0.3) is 0 Å². The molecule has 1 rings (SSSR count). The predicted octanol–water partition coefficient (Wildman–Crippen LogP) is 2.18. The lowest BCUT2D eigenvalue weighted by Gasteiger charge is -2.21. The standard InChI is InChI=1S/C6H7Cl2N/c1-6(8)4-5(7)2-3-9-6/h2-4,9H,1H3. The van der Waals surface area contributed by atoms with Gasteiger partial charge < -0.3 is 5.32 Å². The number of dihydropyridines is 1. The summed E-state index contributed by atoms with van der Waals surface area (Å²) in [7, 11) is 0. The van der Waals surface area contributed by atoms with Crippen molar-refractivity contribution < 1.29 is 0 Å². The molecule has 0 radical (unpaired) electrons. The first kappa shape index (κ1) is 6.97. The molecule has 1 heterocycles. The SMILES string of the molecule is CC1(Cl)C=C(Cl)C=CN1. The zero-order chi connectivity index (χ0) is 6.91. The third-order valence-electron chi connectivity index (χ3n) is 1.02. The number of alkyl halides is 1. The van der Waals surface area contributed by atoms with Crippen molar-refractivity contribution in [3.05, 3.63) is 23.4 Å². The Labute approximate surface area is 64.3 Å². The van der Waals surface area contributed by atoms with Crippen LogP contribution in [0, 0.1) is 0 Å². The van der Waals surface area contributed by atoms with Crippen molar-refractivity contribution in [1.29, 1.82) is 0 Å². The molecule has 1 N–H and O–H groups in total. The molecule has 0 aliphatic carbocycles. The fourth-order valence-electron chi connectivity index (χ4n) is 0.633. The van der Waals surface area contributed by atoms with Crippen LogP contribution in [0.3, 0.4) is 0 Å². The quantitative estimate of drug-likeness (QED) is 0.427. The monoisotopic (exact) mass is 163 g/mol. The van der Waals surface area contributed by atoms with Crippen molar-refractivity contribution in [2.45, 2.75) is 11.9 Å². The molecule has 0 saturated carbocycles. The smallest absolute Gasteiger partial charge is 0.129 e. The number of nitrogens with one attached hydrogen (secondary N) is 1. The summed E-state index contributed by atoms with van der Waals surface area (Å²) in [6.45, 7) is 1.83. The van der Waals surface area contributed by atoms with E-state index in [-0.39, 0.29) is 0 Å². The summed E-state index contributed by atoms with van der Waals surface area (Å²) < 4.78 is 0. The summed E-state index contributed by atoms with van der Waals surface area (Å²) in [6, 6.07) is 0. The van der Waals surface area contributed by atoms with Crippen molar-refractivity contribution in [1.82, 2.24) is 5.32 Å². The third kappa shape index (κ3) is 1.92. The molecular formula is C6H7Cl2N. The van der Waals surface area contributed by atoms with Crippen LogP contribution in [0.1, 0.15) is 6.92 Å². The third-order valence-corrected chi connectivity index (χ3v) is 1.47. The highest BCUT2D eigenvalue weighted by molar-refractivity contribution is 6.33. The van der Waals surface area contributed by atoms with Crippen molar-refractivity contribution in [2.24, 2.45) is 0 Å². The van der Waals surface area contributed by atoms with E-state index < -0.39 is 5.00 Å². The number of rotatable bonds is 0. The number of halogens is 2. The van der Waals surface area contributed by atoms with E-state index in [1.54, 1.807) is 18.4 Å². The van der Waals surface area contributed by atoms with Gasteiger partial charge in [-0.2, -0.15) is 0 Å². The lowest BCUT2D eigenvalue weighted by molar-refractivity contribution is 0.684. The average molecular weight is 164 g/mol. The predicted molar refractivity (Wildman–Crippen MR) is 40.5 cm³/mol. The molecule has 0 fully saturated rings. The summed E-state index contributed by atoms with van der Waals surface area (Å²) in [5, 5.41) is 3.59. The fourth-order valence-corrected chi connectivity index (χ4v) is 1.15. The van der Waals surface area contributed by atoms with Gasteiger partial charge in [-0.15, -0.1) is 0 Å². The molecule has 0 amide bonds. The molecule has 0 spiro atoms. The van der Waals surface area contributed by atoms with E-state index in [9.17, 15) is 0 Å². The first-order valence-electron chi connectivity index (χ1n) is 2.62. The maximum absolute atomic E-state index is 5.84. The number of allylic oxidation sites excluding steroid dienone is 2. The van der Waals surface area contributed by atoms with Gasteiger partial charge in [0.1, 0.15) is 5.00 Å². The summed E-state index contributed by atoms with van der Waals surface area (Å²) in [5.74, 6) is 0. The van der Waals surface area contributed by atoms with E-state index in [0.717, 1.165) is 0 Å². The van der Waals surface area contributed by atoms with Gasteiger partial charge in [0.05, 0.1) is 0 Å². The minimum atomic E-state index is -0.508. The Morgan fingerprint density at radius 3 is 2.67 bits per heavy atom. The molecule has 0 aromatic heterocycles. The van der Waals surface area contributed by atoms with Crippen molar-refractivity contribution in [3.8, 4) is 0 Å². The zero-order valence-corrected chi connectivity index (χ0v) is 6.50. The van der Waals surface area contributed by atoms with Crippen LogP contribution in [-0.2, 0) is 0 Å². The van der Waals surface area contributed by atoms with Crippen molar-refractivity contribution in [3.63, 3.8) is 0 Å². The molecule has 9 heavy (non-hydrogen) atoms. The summed E-state index contributed by atoms with van der Waals surface area (Å²) in [5.41, 5.74) is 0. The second-order valence-electron chi connectivity index (χ2n) is 2.08. The van der Waals surface area contributed by atoms with E-state index in [1.807, 2.05) is 6.92 Å². The Morgan fingerprint density at radius 2 is 2.33 bits per heavy atom. The van der Waals surface area contributed by atoms with Gasteiger partial charge >= 0.3 is 0 Å². The van der Waals surface area contributed by atoms with Crippen molar-refractivity contribution in [2.75, 3.05) is 0 Å². The molecule has 1 atom stereocenters. The zero-order valence-electron chi connectivity index (χ0n) is 4.99. The van der Waals surface area contributed by atoms with Gasteiger partial charge in [-0.25, -0.2) is 0 Å². The molecule has 0 saturated heterocycles. The van der Waals surface area contributed by atoms with Gasteiger partial charge in [0.15, 0.2) is 0 Å². The fraction of sp³-hybridized carbons (Fsp3) is 0.333. The minimum absolute atomic E-state index is 0.508. The second kappa shape index (κ2) is 2.24. The Hall–Kier alpha value is -0.140. The molecule has 1 unspecified atom stereocenters. The van der Waals surface area contributed by atoms with Gasteiger partial charge in [0.2, 0.25) is 0 Å². The Morgan fingerprint density at radius 1 is 1.67 bits per heavy atom.